The van der Waals surface area contributed by atoms with Crippen LogP contribution in [0, 0.1) is 11.8 Å². The first kappa shape index (κ1) is 12.0. The van der Waals surface area contributed by atoms with E-state index in [-0.39, 0.29) is 12.2 Å². The van der Waals surface area contributed by atoms with Gasteiger partial charge in [-0.25, -0.2) is 0 Å². The topological polar surface area (TPSA) is 41.5 Å². The third-order valence-electron chi connectivity index (χ3n) is 2.68. The van der Waals surface area contributed by atoms with E-state index in [9.17, 15) is 5.11 Å². The van der Waals surface area contributed by atoms with Gasteiger partial charge in [0, 0.05) is 6.54 Å². The molecule has 3 heteroatoms. The predicted octanol–water partition coefficient (Wildman–Crippen LogP) is 1.02. The molecule has 1 aliphatic carbocycles. The molecule has 2 N–H and O–H groups in total. The van der Waals surface area contributed by atoms with Crippen LogP contribution in [0.5, 0.6) is 0 Å². The first-order valence-corrected chi connectivity index (χ1v) is 5.60. The maximum absolute atomic E-state index is 9.51. The summed E-state index contributed by atoms with van der Waals surface area (Å²) in [5, 5.41) is 12.8. The third kappa shape index (κ3) is 4.94. The minimum Gasteiger partial charge on any atom is -0.389 e. The fraction of sp³-hybridized carbons (Fsp3) is 1.00. The highest BCUT2D eigenvalue weighted by Gasteiger charge is 2.31. The van der Waals surface area contributed by atoms with E-state index in [1.165, 1.54) is 6.42 Å². The first-order valence-electron chi connectivity index (χ1n) is 5.60. The molecule has 0 amide bonds. The molecule has 3 unspecified atom stereocenters. The molecule has 1 aliphatic rings. The van der Waals surface area contributed by atoms with Gasteiger partial charge in [-0.1, -0.05) is 6.92 Å². The molecule has 0 aromatic rings. The SMILES string of the molecule is CC(C)OCC(O)CNCC1CC1C. The van der Waals surface area contributed by atoms with Crippen LogP contribution < -0.4 is 5.32 Å². The van der Waals surface area contributed by atoms with E-state index in [1.54, 1.807) is 0 Å². The second kappa shape index (κ2) is 5.69. The van der Waals surface area contributed by atoms with Crippen LogP contribution in [-0.4, -0.2) is 37.0 Å². The molecule has 0 bridgehead atoms. The molecule has 84 valence electrons. The lowest BCUT2D eigenvalue weighted by Gasteiger charge is -2.14. The average molecular weight is 201 g/mol. The van der Waals surface area contributed by atoms with Gasteiger partial charge in [0.05, 0.1) is 18.8 Å². The summed E-state index contributed by atoms with van der Waals surface area (Å²) in [6.07, 6.45) is 1.17. The molecule has 0 aromatic heterocycles. The third-order valence-corrected chi connectivity index (χ3v) is 2.68. The number of nitrogens with one attached hydrogen (secondary N) is 1. The van der Waals surface area contributed by atoms with Crippen LogP contribution in [0.3, 0.4) is 0 Å². The molecule has 14 heavy (non-hydrogen) atoms. The van der Waals surface area contributed by atoms with E-state index < -0.39 is 0 Å². The molecule has 3 nitrogen and oxygen atoms in total. The van der Waals surface area contributed by atoms with Crippen molar-refractivity contribution < 1.29 is 9.84 Å². The fourth-order valence-electron chi connectivity index (χ4n) is 1.48. The highest BCUT2D eigenvalue weighted by molar-refractivity contribution is 4.84. The average Bonchev–Trinajstić information content (AvgIpc) is 2.79. The van der Waals surface area contributed by atoms with E-state index in [2.05, 4.69) is 12.2 Å². The Morgan fingerprint density at radius 3 is 2.64 bits per heavy atom. The predicted molar refractivity (Wildman–Crippen MR) is 57.2 cm³/mol. The van der Waals surface area contributed by atoms with Crippen molar-refractivity contribution in [3.8, 4) is 0 Å². The van der Waals surface area contributed by atoms with Crippen LogP contribution in [0.1, 0.15) is 27.2 Å². The van der Waals surface area contributed by atoms with Gasteiger partial charge < -0.3 is 15.2 Å². The summed E-state index contributed by atoms with van der Waals surface area (Å²) in [5.74, 6) is 1.72. The summed E-state index contributed by atoms with van der Waals surface area (Å²) in [6.45, 7) is 8.35. The van der Waals surface area contributed by atoms with Gasteiger partial charge >= 0.3 is 0 Å². The first-order chi connectivity index (χ1) is 6.59. The molecule has 1 fully saturated rings. The van der Waals surface area contributed by atoms with E-state index in [0.717, 1.165) is 18.4 Å². The van der Waals surface area contributed by atoms with Crippen LogP contribution in [0.2, 0.25) is 0 Å². The molecule has 0 radical (unpaired) electrons. The smallest absolute Gasteiger partial charge is 0.0897 e. The van der Waals surface area contributed by atoms with E-state index in [0.29, 0.717) is 13.2 Å². The lowest BCUT2D eigenvalue weighted by Crippen LogP contribution is -2.32. The van der Waals surface area contributed by atoms with Crippen molar-refractivity contribution in [3.05, 3.63) is 0 Å². The molecule has 3 atom stereocenters. The zero-order chi connectivity index (χ0) is 10.6. The van der Waals surface area contributed by atoms with Crippen molar-refractivity contribution in [1.82, 2.24) is 5.32 Å². The normalized spacial score (nSPS) is 28.1. The molecule has 0 aliphatic heterocycles. The largest absolute Gasteiger partial charge is 0.389 e. The maximum atomic E-state index is 9.51. The number of rotatable bonds is 7. The Kier molecular flexibility index (Phi) is 4.85. The summed E-state index contributed by atoms with van der Waals surface area (Å²) in [7, 11) is 0. The second-order valence-corrected chi connectivity index (χ2v) is 4.67. The number of hydrogen-bond acceptors (Lipinski definition) is 3. The molecule has 1 saturated carbocycles. The van der Waals surface area contributed by atoms with Gasteiger partial charge in [0.1, 0.15) is 0 Å². The molecule has 0 saturated heterocycles. The van der Waals surface area contributed by atoms with Crippen molar-refractivity contribution in [2.45, 2.75) is 39.4 Å². The lowest BCUT2D eigenvalue weighted by atomic mass is 10.3. The van der Waals surface area contributed by atoms with Crippen molar-refractivity contribution in [1.29, 1.82) is 0 Å². The Morgan fingerprint density at radius 1 is 1.50 bits per heavy atom. The highest BCUT2D eigenvalue weighted by atomic mass is 16.5. The zero-order valence-electron chi connectivity index (χ0n) is 9.49. The van der Waals surface area contributed by atoms with Crippen molar-refractivity contribution in [3.63, 3.8) is 0 Å². The standard InChI is InChI=1S/C11H23NO2/c1-8(2)14-7-11(13)6-12-5-10-4-9(10)3/h8-13H,4-7H2,1-3H3. The molecule has 0 heterocycles. The van der Waals surface area contributed by atoms with Crippen LogP contribution in [0.4, 0.5) is 0 Å². The summed E-state index contributed by atoms with van der Waals surface area (Å²) in [5.41, 5.74) is 0. The molecule has 0 spiro atoms. The second-order valence-electron chi connectivity index (χ2n) is 4.67. The van der Waals surface area contributed by atoms with Crippen LogP contribution in [0.25, 0.3) is 0 Å². The summed E-state index contributed by atoms with van der Waals surface area (Å²) in [6, 6.07) is 0. The van der Waals surface area contributed by atoms with Gasteiger partial charge in [0.15, 0.2) is 0 Å². The van der Waals surface area contributed by atoms with Gasteiger partial charge in [-0.3, -0.25) is 0 Å². The fourth-order valence-corrected chi connectivity index (χ4v) is 1.48. The molecule has 1 rings (SSSR count). The number of ether oxygens (including phenoxy) is 1. The highest BCUT2D eigenvalue weighted by Crippen LogP contribution is 2.36. The van der Waals surface area contributed by atoms with Crippen LogP contribution in [-0.2, 0) is 4.74 Å². The van der Waals surface area contributed by atoms with Gasteiger partial charge in [-0.05, 0) is 38.6 Å². The summed E-state index contributed by atoms with van der Waals surface area (Å²) >= 11 is 0. The number of hydrogen-bond donors (Lipinski definition) is 2. The van der Waals surface area contributed by atoms with Gasteiger partial charge in [0.2, 0.25) is 0 Å². The maximum Gasteiger partial charge on any atom is 0.0897 e. The van der Waals surface area contributed by atoms with Gasteiger partial charge in [-0.2, -0.15) is 0 Å². The van der Waals surface area contributed by atoms with E-state index in [4.69, 9.17) is 4.74 Å². The summed E-state index contributed by atoms with van der Waals surface area (Å²) < 4.78 is 5.31. The molecular weight excluding hydrogens is 178 g/mol. The number of aliphatic hydroxyl groups is 1. The zero-order valence-corrected chi connectivity index (χ0v) is 9.49. The summed E-state index contributed by atoms with van der Waals surface area (Å²) in [4.78, 5) is 0. The minimum absolute atomic E-state index is 0.202. The monoisotopic (exact) mass is 201 g/mol. The van der Waals surface area contributed by atoms with Gasteiger partial charge in [0.25, 0.3) is 0 Å². The Bertz CT molecular complexity index is 161. The Balaban J connectivity index is 1.90. The van der Waals surface area contributed by atoms with E-state index >= 15 is 0 Å². The molecular formula is C11H23NO2. The van der Waals surface area contributed by atoms with Gasteiger partial charge in [-0.15, -0.1) is 0 Å². The Morgan fingerprint density at radius 2 is 2.14 bits per heavy atom. The van der Waals surface area contributed by atoms with Crippen molar-refractivity contribution >= 4 is 0 Å². The molecule has 0 aromatic carbocycles. The van der Waals surface area contributed by atoms with Crippen molar-refractivity contribution in [2.75, 3.05) is 19.7 Å². The van der Waals surface area contributed by atoms with E-state index in [1.807, 2.05) is 13.8 Å². The number of aliphatic hydroxyl groups excluding tert-OH is 1. The lowest BCUT2D eigenvalue weighted by molar-refractivity contribution is 0.00637. The van der Waals surface area contributed by atoms with Crippen LogP contribution >= 0.6 is 0 Å². The quantitative estimate of drug-likeness (QED) is 0.646. The van der Waals surface area contributed by atoms with Crippen LogP contribution in [0.15, 0.2) is 0 Å². The minimum atomic E-state index is -0.369. The Labute approximate surface area is 86.8 Å². The Hall–Kier alpha value is -0.120. The van der Waals surface area contributed by atoms with Crippen molar-refractivity contribution in [2.24, 2.45) is 11.8 Å².